The Hall–Kier alpha value is -2.44. The smallest absolute Gasteiger partial charge is 0.272 e. The molecule has 0 unspecified atom stereocenters. The molecular formula is C19H28N6O. The van der Waals surface area contributed by atoms with Gasteiger partial charge in [-0.05, 0) is 36.8 Å². The third kappa shape index (κ3) is 3.86. The number of H-pyrrole nitrogens is 1. The van der Waals surface area contributed by atoms with Crippen LogP contribution in [-0.4, -0.2) is 44.1 Å². The van der Waals surface area contributed by atoms with Crippen molar-refractivity contribution in [2.45, 2.75) is 58.3 Å². The van der Waals surface area contributed by atoms with Crippen LogP contribution in [0.4, 0.5) is 5.95 Å². The lowest BCUT2D eigenvalue weighted by molar-refractivity contribution is 0.0706. The van der Waals surface area contributed by atoms with Crippen LogP contribution in [0.15, 0.2) is 12.1 Å². The lowest BCUT2D eigenvalue weighted by Gasteiger charge is -2.31. The van der Waals surface area contributed by atoms with E-state index in [0.717, 1.165) is 24.2 Å². The molecule has 0 spiro atoms. The van der Waals surface area contributed by atoms with Crippen molar-refractivity contribution in [1.82, 2.24) is 25.1 Å². The summed E-state index contributed by atoms with van der Waals surface area (Å²) in [4.78, 5) is 23.1. The molecule has 26 heavy (non-hydrogen) atoms. The predicted molar refractivity (Wildman–Crippen MR) is 101 cm³/mol. The molecule has 1 amide bonds. The largest absolute Gasteiger partial charge is 0.368 e. The quantitative estimate of drug-likeness (QED) is 0.877. The number of hydrogen-bond acceptors (Lipinski definition) is 5. The van der Waals surface area contributed by atoms with E-state index in [1.165, 1.54) is 5.69 Å². The van der Waals surface area contributed by atoms with Crippen molar-refractivity contribution in [2.24, 2.45) is 0 Å². The molecule has 140 valence electrons. The minimum Gasteiger partial charge on any atom is -0.368 e. The van der Waals surface area contributed by atoms with Gasteiger partial charge in [0.05, 0.1) is 5.69 Å². The first-order valence-corrected chi connectivity index (χ1v) is 9.34. The maximum atomic E-state index is 12.8. The fourth-order valence-corrected chi connectivity index (χ4v) is 3.30. The van der Waals surface area contributed by atoms with E-state index in [2.05, 4.69) is 40.1 Å². The number of hydrogen-bond donors (Lipinski definition) is 2. The number of nitrogens with zero attached hydrogens (tertiary/aromatic N) is 4. The summed E-state index contributed by atoms with van der Waals surface area (Å²) in [6, 6.07) is 3.92. The summed E-state index contributed by atoms with van der Waals surface area (Å²) in [6.07, 6.45) is 1.84. The van der Waals surface area contributed by atoms with Gasteiger partial charge in [-0.1, -0.05) is 27.7 Å². The Balaban J connectivity index is 1.66. The van der Waals surface area contributed by atoms with E-state index >= 15 is 0 Å². The van der Waals surface area contributed by atoms with Crippen LogP contribution >= 0.6 is 0 Å². The van der Waals surface area contributed by atoms with Gasteiger partial charge in [0.2, 0.25) is 5.95 Å². The molecule has 0 bridgehead atoms. The van der Waals surface area contributed by atoms with Crippen molar-refractivity contribution < 1.29 is 4.79 Å². The first-order chi connectivity index (χ1) is 12.3. The summed E-state index contributed by atoms with van der Waals surface area (Å²) in [5.74, 6) is 1.13. The molecule has 1 aliphatic rings. The van der Waals surface area contributed by atoms with Gasteiger partial charge in [-0.15, -0.1) is 0 Å². The van der Waals surface area contributed by atoms with Gasteiger partial charge in [-0.3, -0.25) is 9.89 Å². The van der Waals surface area contributed by atoms with Crippen LogP contribution in [0.2, 0.25) is 0 Å². The molecule has 3 rings (SSSR count). The van der Waals surface area contributed by atoms with Gasteiger partial charge < -0.3 is 10.6 Å². The number of aromatic nitrogens is 4. The minimum atomic E-state index is -0.0630. The molecule has 0 atom stereocenters. The molecule has 3 heterocycles. The lowest BCUT2D eigenvalue weighted by atomic mass is 9.92. The second kappa shape index (κ2) is 7.43. The first kappa shape index (κ1) is 18.4. The van der Waals surface area contributed by atoms with Gasteiger partial charge in [0.15, 0.2) is 0 Å². The first-order valence-electron chi connectivity index (χ1n) is 9.34. The number of carbonyl (C=O) groups is 1. The SMILES string of the molecule is CC(C)c1cc(C2CCN(C(=O)c3cc(C(C)C)nc(N)n3)CC2)[nH]n1. The van der Waals surface area contributed by atoms with Crippen LogP contribution in [-0.2, 0) is 0 Å². The number of piperidine rings is 1. The summed E-state index contributed by atoms with van der Waals surface area (Å²) in [7, 11) is 0. The summed E-state index contributed by atoms with van der Waals surface area (Å²) in [6.45, 7) is 9.75. The second-order valence-corrected chi connectivity index (χ2v) is 7.66. The number of carbonyl (C=O) groups excluding carboxylic acids is 1. The number of likely N-dealkylation sites (tertiary alicyclic amines) is 1. The normalized spacial score (nSPS) is 15.8. The number of nitrogens with two attached hydrogens (primary N) is 1. The maximum Gasteiger partial charge on any atom is 0.272 e. The molecule has 2 aromatic rings. The van der Waals surface area contributed by atoms with Crippen molar-refractivity contribution in [3.05, 3.63) is 34.9 Å². The number of nitrogens with one attached hydrogen (secondary N) is 1. The number of amides is 1. The highest BCUT2D eigenvalue weighted by molar-refractivity contribution is 5.92. The Morgan fingerprint density at radius 1 is 1.12 bits per heavy atom. The average molecular weight is 356 g/mol. The van der Waals surface area contributed by atoms with Crippen molar-refractivity contribution in [3.8, 4) is 0 Å². The highest BCUT2D eigenvalue weighted by atomic mass is 16.2. The third-order valence-corrected chi connectivity index (χ3v) is 5.00. The lowest BCUT2D eigenvalue weighted by Crippen LogP contribution is -2.38. The van der Waals surface area contributed by atoms with E-state index in [1.54, 1.807) is 6.07 Å². The molecule has 1 fully saturated rings. The number of nitrogen functional groups attached to an aromatic ring is 1. The van der Waals surface area contributed by atoms with Crippen LogP contribution in [0.1, 0.15) is 85.9 Å². The standard InChI is InChI=1S/C19H28N6O/c1-11(2)14-9-17(22-19(20)21-14)18(26)25-7-5-13(6-8-25)16-10-15(12(3)4)23-24-16/h9-13H,5-8H2,1-4H3,(H,23,24)(H2,20,21,22). The Bertz CT molecular complexity index is 774. The molecular weight excluding hydrogens is 328 g/mol. The van der Waals surface area contributed by atoms with Crippen molar-refractivity contribution in [2.75, 3.05) is 18.8 Å². The molecule has 3 N–H and O–H groups in total. The number of rotatable bonds is 4. The van der Waals surface area contributed by atoms with E-state index < -0.39 is 0 Å². The Labute approximate surface area is 154 Å². The zero-order valence-corrected chi connectivity index (χ0v) is 16.0. The van der Waals surface area contributed by atoms with Crippen LogP contribution in [0.25, 0.3) is 0 Å². The topological polar surface area (TPSA) is 101 Å². The minimum absolute atomic E-state index is 0.0630. The molecule has 1 saturated heterocycles. The summed E-state index contributed by atoms with van der Waals surface area (Å²) >= 11 is 0. The van der Waals surface area contributed by atoms with Crippen molar-refractivity contribution >= 4 is 11.9 Å². The summed E-state index contributed by atoms with van der Waals surface area (Å²) in [5.41, 5.74) is 9.25. The molecule has 0 radical (unpaired) electrons. The zero-order valence-electron chi connectivity index (χ0n) is 16.0. The monoisotopic (exact) mass is 356 g/mol. The number of aromatic amines is 1. The fourth-order valence-electron chi connectivity index (χ4n) is 3.30. The van der Waals surface area contributed by atoms with Crippen molar-refractivity contribution in [3.63, 3.8) is 0 Å². The molecule has 0 saturated carbocycles. The maximum absolute atomic E-state index is 12.8. The Kier molecular flexibility index (Phi) is 5.25. The van der Waals surface area contributed by atoms with Crippen LogP contribution in [0.5, 0.6) is 0 Å². The van der Waals surface area contributed by atoms with E-state index in [0.29, 0.717) is 30.6 Å². The molecule has 7 heteroatoms. The van der Waals surface area contributed by atoms with Crippen molar-refractivity contribution in [1.29, 1.82) is 0 Å². The molecule has 2 aromatic heterocycles. The van der Waals surface area contributed by atoms with E-state index in [1.807, 2.05) is 18.7 Å². The van der Waals surface area contributed by atoms with E-state index in [4.69, 9.17) is 5.73 Å². The molecule has 0 aliphatic carbocycles. The summed E-state index contributed by atoms with van der Waals surface area (Å²) < 4.78 is 0. The van der Waals surface area contributed by atoms with E-state index in [9.17, 15) is 4.79 Å². The number of anilines is 1. The predicted octanol–water partition coefficient (Wildman–Crippen LogP) is 3.05. The van der Waals surface area contributed by atoms with Gasteiger partial charge in [0, 0.05) is 30.4 Å². The molecule has 1 aliphatic heterocycles. The van der Waals surface area contributed by atoms with Crippen LogP contribution in [0, 0.1) is 0 Å². The molecule has 0 aromatic carbocycles. The highest BCUT2D eigenvalue weighted by Gasteiger charge is 2.27. The summed E-state index contributed by atoms with van der Waals surface area (Å²) in [5, 5.41) is 7.56. The van der Waals surface area contributed by atoms with Crippen LogP contribution in [0.3, 0.4) is 0 Å². The average Bonchev–Trinajstić information content (AvgIpc) is 3.11. The van der Waals surface area contributed by atoms with Gasteiger partial charge >= 0.3 is 0 Å². The molecule has 7 nitrogen and oxygen atoms in total. The van der Waals surface area contributed by atoms with Gasteiger partial charge in [-0.2, -0.15) is 5.10 Å². The highest BCUT2D eigenvalue weighted by Crippen LogP contribution is 2.29. The second-order valence-electron chi connectivity index (χ2n) is 7.66. The van der Waals surface area contributed by atoms with Gasteiger partial charge in [0.1, 0.15) is 5.69 Å². The Morgan fingerprint density at radius 3 is 2.35 bits per heavy atom. The zero-order chi connectivity index (χ0) is 18.8. The van der Waals surface area contributed by atoms with Gasteiger partial charge in [0.25, 0.3) is 5.91 Å². The third-order valence-electron chi connectivity index (χ3n) is 5.00. The fraction of sp³-hybridized carbons (Fsp3) is 0.579. The van der Waals surface area contributed by atoms with Crippen LogP contribution < -0.4 is 5.73 Å². The Morgan fingerprint density at radius 2 is 1.77 bits per heavy atom. The van der Waals surface area contributed by atoms with E-state index in [-0.39, 0.29) is 17.8 Å². The van der Waals surface area contributed by atoms with Gasteiger partial charge in [-0.25, -0.2) is 9.97 Å².